The number of phenolic OH excluding ortho intramolecular Hbond substituents is 2. The van der Waals surface area contributed by atoms with Gasteiger partial charge in [-0.2, -0.15) is 0 Å². The van der Waals surface area contributed by atoms with Crippen molar-refractivity contribution >= 4 is 11.8 Å². The first-order valence-electron chi connectivity index (χ1n) is 7.34. The predicted octanol–water partition coefficient (Wildman–Crippen LogP) is 1.94. The molecule has 0 atom stereocenters. The first-order valence-corrected chi connectivity index (χ1v) is 7.34. The zero-order chi connectivity index (χ0) is 16.5. The van der Waals surface area contributed by atoms with Crippen LogP contribution in [0.4, 0.5) is 0 Å². The first-order chi connectivity index (χ1) is 10.5. The number of hydrogen-bond donors (Lipinski definition) is 3. The summed E-state index contributed by atoms with van der Waals surface area (Å²) in [7, 11) is 0. The number of rotatable bonds is 9. The van der Waals surface area contributed by atoms with Gasteiger partial charge in [-0.1, -0.05) is 6.42 Å². The van der Waals surface area contributed by atoms with Crippen LogP contribution in [0.3, 0.4) is 0 Å². The van der Waals surface area contributed by atoms with Crippen molar-refractivity contribution < 1.29 is 29.6 Å². The maximum Gasteiger partial charge on any atom is 0.310 e. The standard InChI is InChI=1S/C16H22O6/c1-2-22-15(21)9-11-8-12(18)10-14(20)16(11)13(19)6-4-3-5-7-17/h8,10,17-18,20H,2-7,9H2,1H3. The van der Waals surface area contributed by atoms with Crippen LogP contribution in [0.1, 0.15) is 48.5 Å². The average molecular weight is 310 g/mol. The van der Waals surface area contributed by atoms with E-state index in [-0.39, 0.29) is 54.5 Å². The molecule has 0 spiro atoms. The SMILES string of the molecule is CCOC(=O)Cc1cc(O)cc(O)c1C(=O)CCCCCO. The van der Waals surface area contributed by atoms with E-state index in [9.17, 15) is 19.8 Å². The lowest BCUT2D eigenvalue weighted by molar-refractivity contribution is -0.142. The van der Waals surface area contributed by atoms with Crippen molar-refractivity contribution in [3.05, 3.63) is 23.3 Å². The van der Waals surface area contributed by atoms with Gasteiger partial charge in [-0.25, -0.2) is 0 Å². The number of Topliss-reactive ketones (excluding diaryl/α,β-unsaturated/α-hetero) is 1. The first kappa shape index (κ1) is 18.0. The summed E-state index contributed by atoms with van der Waals surface area (Å²) in [5, 5.41) is 28.2. The van der Waals surface area contributed by atoms with Gasteiger partial charge in [0.1, 0.15) is 11.5 Å². The summed E-state index contributed by atoms with van der Waals surface area (Å²) in [5.41, 5.74) is 0.304. The summed E-state index contributed by atoms with van der Waals surface area (Å²) in [6.45, 7) is 1.96. The van der Waals surface area contributed by atoms with Gasteiger partial charge in [0.2, 0.25) is 0 Å². The Hall–Kier alpha value is -2.08. The third kappa shape index (κ3) is 5.37. The molecule has 0 amide bonds. The molecule has 1 rings (SSSR count). The Kier molecular flexibility index (Phi) is 7.39. The lowest BCUT2D eigenvalue weighted by atomic mass is 9.96. The molecule has 22 heavy (non-hydrogen) atoms. The zero-order valence-corrected chi connectivity index (χ0v) is 12.7. The van der Waals surface area contributed by atoms with E-state index in [4.69, 9.17) is 9.84 Å². The number of ether oxygens (including phenoxy) is 1. The van der Waals surface area contributed by atoms with Gasteiger partial charge in [-0.3, -0.25) is 9.59 Å². The van der Waals surface area contributed by atoms with Crippen molar-refractivity contribution in [2.24, 2.45) is 0 Å². The Morgan fingerprint density at radius 1 is 1.14 bits per heavy atom. The molecule has 6 heteroatoms. The largest absolute Gasteiger partial charge is 0.508 e. The highest BCUT2D eigenvalue weighted by molar-refractivity contribution is 6.01. The number of esters is 1. The minimum atomic E-state index is -0.526. The average Bonchev–Trinajstić information content (AvgIpc) is 2.43. The van der Waals surface area contributed by atoms with Gasteiger partial charge in [0, 0.05) is 19.1 Å². The van der Waals surface area contributed by atoms with Gasteiger partial charge in [0.05, 0.1) is 18.6 Å². The molecule has 0 radical (unpaired) electrons. The summed E-state index contributed by atoms with van der Waals surface area (Å²) < 4.78 is 4.83. The highest BCUT2D eigenvalue weighted by Crippen LogP contribution is 2.29. The van der Waals surface area contributed by atoms with Crippen LogP contribution in [-0.2, 0) is 16.0 Å². The predicted molar refractivity (Wildman–Crippen MR) is 80.0 cm³/mol. The van der Waals surface area contributed by atoms with E-state index in [0.717, 1.165) is 6.07 Å². The van der Waals surface area contributed by atoms with Crippen molar-refractivity contribution in [1.29, 1.82) is 0 Å². The van der Waals surface area contributed by atoms with E-state index >= 15 is 0 Å². The van der Waals surface area contributed by atoms with Crippen LogP contribution in [0, 0.1) is 0 Å². The number of aliphatic hydroxyl groups is 1. The van der Waals surface area contributed by atoms with Crippen LogP contribution in [0.25, 0.3) is 0 Å². The van der Waals surface area contributed by atoms with Crippen molar-refractivity contribution in [2.75, 3.05) is 13.2 Å². The summed E-state index contributed by atoms with van der Waals surface area (Å²) in [6.07, 6.45) is 1.92. The lowest BCUT2D eigenvalue weighted by Crippen LogP contribution is -2.12. The van der Waals surface area contributed by atoms with E-state index in [1.54, 1.807) is 6.92 Å². The van der Waals surface area contributed by atoms with Crippen molar-refractivity contribution in [3.8, 4) is 11.5 Å². The van der Waals surface area contributed by atoms with Crippen LogP contribution >= 0.6 is 0 Å². The van der Waals surface area contributed by atoms with Crippen LogP contribution < -0.4 is 0 Å². The van der Waals surface area contributed by atoms with Gasteiger partial charge >= 0.3 is 5.97 Å². The Balaban J connectivity index is 2.91. The Labute approximate surface area is 129 Å². The third-order valence-corrected chi connectivity index (χ3v) is 3.16. The summed E-state index contributed by atoms with van der Waals surface area (Å²) in [5.74, 6) is -1.38. The molecule has 0 saturated heterocycles. The quantitative estimate of drug-likeness (QED) is 0.366. The molecule has 1 aromatic rings. The minimum absolute atomic E-state index is 0.0508. The van der Waals surface area contributed by atoms with Crippen LogP contribution in [0.15, 0.2) is 12.1 Å². The number of ketones is 1. The van der Waals surface area contributed by atoms with Crippen molar-refractivity contribution in [2.45, 2.75) is 39.0 Å². The van der Waals surface area contributed by atoms with Gasteiger partial charge in [-0.05, 0) is 31.4 Å². The second-order valence-corrected chi connectivity index (χ2v) is 4.94. The topological polar surface area (TPSA) is 104 Å². The second-order valence-electron chi connectivity index (χ2n) is 4.94. The molecule has 0 aliphatic carbocycles. The molecule has 6 nitrogen and oxygen atoms in total. The maximum absolute atomic E-state index is 12.2. The summed E-state index contributed by atoms with van der Waals surface area (Å²) >= 11 is 0. The fraction of sp³-hybridized carbons (Fsp3) is 0.500. The van der Waals surface area contributed by atoms with Gasteiger partial charge in [-0.15, -0.1) is 0 Å². The van der Waals surface area contributed by atoms with Crippen molar-refractivity contribution in [3.63, 3.8) is 0 Å². The Bertz CT molecular complexity index is 524. The molecule has 1 aromatic carbocycles. The number of unbranched alkanes of at least 4 members (excludes halogenated alkanes) is 2. The van der Waals surface area contributed by atoms with Crippen LogP contribution in [0.2, 0.25) is 0 Å². The molecule has 122 valence electrons. The molecule has 0 bridgehead atoms. The molecule has 0 aliphatic heterocycles. The zero-order valence-electron chi connectivity index (χ0n) is 12.7. The van der Waals surface area contributed by atoms with Gasteiger partial charge in [0.15, 0.2) is 5.78 Å². The van der Waals surface area contributed by atoms with Crippen LogP contribution in [0.5, 0.6) is 11.5 Å². The van der Waals surface area contributed by atoms with Gasteiger partial charge in [0.25, 0.3) is 0 Å². The number of hydrogen-bond acceptors (Lipinski definition) is 6. The second kappa shape index (κ2) is 9.04. The molecule has 0 heterocycles. The molecule has 0 saturated carbocycles. The molecule has 0 aliphatic rings. The normalized spacial score (nSPS) is 10.5. The number of benzene rings is 1. The fourth-order valence-electron chi connectivity index (χ4n) is 2.20. The molecular weight excluding hydrogens is 288 g/mol. The molecule has 0 unspecified atom stereocenters. The Morgan fingerprint density at radius 2 is 1.86 bits per heavy atom. The molecule has 0 aromatic heterocycles. The molecule has 3 N–H and O–H groups in total. The van der Waals surface area contributed by atoms with Crippen LogP contribution in [-0.4, -0.2) is 40.3 Å². The lowest BCUT2D eigenvalue weighted by Gasteiger charge is -2.11. The number of aromatic hydroxyl groups is 2. The van der Waals surface area contributed by atoms with Crippen molar-refractivity contribution in [1.82, 2.24) is 0 Å². The molecule has 0 fully saturated rings. The van der Waals surface area contributed by atoms with Gasteiger partial charge < -0.3 is 20.1 Å². The minimum Gasteiger partial charge on any atom is -0.508 e. The fourth-order valence-corrected chi connectivity index (χ4v) is 2.20. The van der Waals surface area contributed by atoms with E-state index in [0.29, 0.717) is 19.3 Å². The number of phenols is 2. The maximum atomic E-state index is 12.2. The van der Waals surface area contributed by atoms with E-state index in [2.05, 4.69) is 0 Å². The Morgan fingerprint density at radius 3 is 2.50 bits per heavy atom. The number of aliphatic hydroxyl groups excluding tert-OH is 1. The number of carbonyl (C=O) groups excluding carboxylic acids is 2. The monoisotopic (exact) mass is 310 g/mol. The molecular formula is C16H22O6. The highest BCUT2D eigenvalue weighted by atomic mass is 16.5. The van der Waals surface area contributed by atoms with E-state index in [1.807, 2.05) is 0 Å². The van der Waals surface area contributed by atoms with E-state index in [1.165, 1.54) is 6.07 Å². The summed E-state index contributed by atoms with van der Waals surface area (Å²) in [4.78, 5) is 23.8. The highest BCUT2D eigenvalue weighted by Gasteiger charge is 2.19. The number of carbonyl (C=O) groups is 2. The van der Waals surface area contributed by atoms with E-state index < -0.39 is 5.97 Å². The third-order valence-electron chi connectivity index (χ3n) is 3.16. The summed E-state index contributed by atoms with van der Waals surface area (Å²) in [6, 6.07) is 2.37. The smallest absolute Gasteiger partial charge is 0.310 e.